The van der Waals surface area contributed by atoms with Gasteiger partial charge in [-0.05, 0) is 12.5 Å². The van der Waals surface area contributed by atoms with E-state index >= 15 is 0 Å². The van der Waals surface area contributed by atoms with Gasteiger partial charge in [-0.3, -0.25) is 0 Å². The zero-order chi connectivity index (χ0) is 6.69. The molecule has 1 aromatic rings. The van der Waals surface area contributed by atoms with Crippen LogP contribution < -0.4 is 5.73 Å². The van der Waals surface area contributed by atoms with Crippen LogP contribution in [-0.2, 0) is 6.54 Å². The van der Waals surface area contributed by atoms with Gasteiger partial charge in [0.25, 0.3) is 0 Å². The van der Waals surface area contributed by atoms with Crippen LogP contribution in [0.1, 0.15) is 11.1 Å². The normalized spacial score (nSPS) is 9.56. The Bertz CT molecular complexity index is 176. The first-order valence-electron chi connectivity index (χ1n) is 3.08. The highest BCUT2D eigenvalue weighted by Gasteiger charge is 1.84. The van der Waals surface area contributed by atoms with Crippen LogP contribution >= 0.6 is 0 Å². The molecule has 2 N–H and O–H groups in total. The number of benzene rings is 1. The monoisotopic (exact) mass is 122 g/mol. The van der Waals surface area contributed by atoms with Gasteiger partial charge < -0.3 is 5.73 Å². The van der Waals surface area contributed by atoms with Gasteiger partial charge in [0.15, 0.2) is 0 Å². The van der Waals surface area contributed by atoms with Crippen LogP contribution in [0.4, 0.5) is 0 Å². The van der Waals surface area contributed by atoms with Gasteiger partial charge in [0, 0.05) is 6.54 Å². The van der Waals surface area contributed by atoms with E-state index in [4.69, 9.17) is 5.73 Å². The lowest BCUT2D eigenvalue weighted by molar-refractivity contribution is 1.07. The van der Waals surface area contributed by atoms with E-state index < -0.39 is 0 Å². The van der Waals surface area contributed by atoms with Crippen molar-refractivity contribution >= 4 is 0 Å². The maximum Gasteiger partial charge on any atom is 0.0178 e. The van der Waals surface area contributed by atoms with Crippen LogP contribution in [0.3, 0.4) is 0 Å². The van der Waals surface area contributed by atoms with Crippen LogP contribution in [0, 0.1) is 6.92 Å². The van der Waals surface area contributed by atoms with E-state index in [0.717, 1.165) is 0 Å². The van der Waals surface area contributed by atoms with E-state index in [2.05, 4.69) is 31.2 Å². The lowest BCUT2D eigenvalue weighted by Crippen LogP contribution is -1.94. The molecule has 1 heteroatoms. The summed E-state index contributed by atoms with van der Waals surface area (Å²) in [6, 6.07) is 8.25. The number of aryl methyl sites for hydroxylation is 1. The Morgan fingerprint density at radius 1 is 1.22 bits per heavy atom. The third-order valence-corrected chi connectivity index (χ3v) is 1.36. The van der Waals surface area contributed by atoms with Crippen LogP contribution in [0.5, 0.6) is 0 Å². The first-order valence-corrected chi connectivity index (χ1v) is 3.08. The van der Waals surface area contributed by atoms with Crippen LogP contribution in [0.15, 0.2) is 24.3 Å². The molecule has 48 valence electrons. The highest BCUT2D eigenvalue weighted by molar-refractivity contribution is 5.20. The summed E-state index contributed by atoms with van der Waals surface area (Å²) in [6.45, 7) is 2.71. The highest BCUT2D eigenvalue weighted by Crippen LogP contribution is 2.00. The average Bonchev–Trinajstić information content (AvgIpc) is 1.90. The lowest BCUT2D eigenvalue weighted by atomic mass is 10.2. The van der Waals surface area contributed by atoms with Crippen molar-refractivity contribution in [1.82, 2.24) is 0 Å². The first-order chi connectivity index (χ1) is 4.33. The molecule has 0 saturated carbocycles. The van der Waals surface area contributed by atoms with E-state index in [0.29, 0.717) is 6.54 Å². The van der Waals surface area contributed by atoms with Crippen LogP contribution in [0.2, 0.25) is 0 Å². The Hall–Kier alpha value is -0.820. The zero-order valence-corrected chi connectivity index (χ0v) is 5.59. The SMILES string of the molecule is Cc1ccc(C[15NH2])cc1. The smallest absolute Gasteiger partial charge is 0.0178 e. The van der Waals surface area contributed by atoms with Gasteiger partial charge in [0.1, 0.15) is 0 Å². The molecule has 1 nitrogen and oxygen atoms in total. The van der Waals surface area contributed by atoms with Gasteiger partial charge in [0.05, 0.1) is 0 Å². The maximum absolute atomic E-state index is 5.40. The third-order valence-electron chi connectivity index (χ3n) is 1.36. The number of nitrogens with two attached hydrogens (primary N) is 1. The topological polar surface area (TPSA) is 26.0 Å². The minimum absolute atomic E-state index is 0.639. The Morgan fingerprint density at radius 3 is 2.22 bits per heavy atom. The summed E-state index contributed by atoms with van der Waals surface area (Å²) < 4.78 is 0. The molecule has 0 aliphatic rings. The fourth-order valence-electron chi connectivity index (χ4n) is 0.724. The van der Waals surface area contributed by atoms with Gasteiger partial charge in [0.2, 0.25) is 0 Å². The summed E-state index contributed by atoms with van der Waals surface area (Å²) in [5.41, 5.74) is 7.88. The van der Waals surface area contributed by atoms with E-state index in [9.17, 15) is 0 Å². The van der Waals surface area contributed by atoms with Gasteiger partial charge in [-0.25, -0.2) is 0 Å². The van der Waals surface area contributed by atoms with Gasteiger partial charge in [-0.2, -0.15) is 0 Å². The quantitative estimate of drug-likeness (QED) is 0.560. The number of rotatable bonds is 1. The second-order valence-corrected chi connectivity index (χ2v) is 2.19. The number of hydrogen-bond donors (Lipinski definition) is 1. The second-order valence-electron chi connectivity index (χ2n) is 2.19. The minimum atomic E-state index is 0.639. The van der Waals surface area contributed by atoms with Crippen molar-refractivity contribution < 1.29 is 0 Å². The summed E-state index contributed by atoms with van der Waals surface area (Å²) >= 11 is 0. The third kappa shape index (κ3) is 1.54. The Labute approximate surface area is 55.5 Å². The van der Waals surface area contributed by atoms with Crippen molar-refractivity contribution in [2.24, 2.45) is 5.73 Å². The molecule has 0 aliphatic carbocycles. The average molecular weight is 122 g/mol. The number of hydrogen-bond acceptors (Lipinski definition) is 1. The van der Waals surface area contributed by atoms with Gasteiger partial charge in [-0.15, -0.1) is 0 Å². The molecular weight excluding hydrogens is 111 g/mol. The molecule has 0 saturated heterocycles. The molecule has 0 unspecified atom stereocenters. The standard InChI is InChI=1S/C8H11N/c1-7-2-4-8(6-9)5-3-7/h2-5H,6,9H2,1H3/i9+1. The van der Waals surface area contributed by atoms with Crippen LogP contribution in [0.25, 0.3) is 0 Å². The zero-order valence-electron chi connectivity index (χ0n) is 5.59. The van der Waals surface area contributed by atoms with E-state index in [1.165, 1.54) is 11.1 Å². The summed E-state index contributed by atoms with van der Waals surface area (Å²) in [5, 5.41) is 0. The first kappa shape index (κ1) is 6.30. The fourth-order valence-corrected chi connectivity index (χ4v) is 0.724. The molecule has 0 amide bonds. The molecule has 1 rings (SSSR count). The largest absolute Gasteiger partial charge is 0.326 e. The van der Waals surface area contributed by atoms with Crippen molar-refractivity contribution in [3.8, 4) is 0 Å². The Kier molecular flexibility index (Phi) is 1.85. The predicted octanol–water partition coefficient (Wildman–Crippen LogP) is 1.45. The van der Waals surface area contributed by atoms with Gasteiger partial charge in [-0.1, -0.05) is 29.8 Å². The predicted molar refractivity (Wildman–Crippen MR) is 39.1 cm³/mol. The minimum Gasteiger partial charge on any atom is -0.326 e. The molecule has 1 aromatic carbocycles. The summed E-state index contributed by atoms with van der Waals surface area (Å²) in [5.74, 6) is 0. The molecule has 0 spiro atoms. The van der Waals surface area contributed by atoms with Crippen LogP contribution in [-0.4, -0.2) is 0 Å². The van der Waals surface area contributed by atoms with E-state index in [1.807, 2.05) is 0 Å². The summed E-state index contributed by atoms with van der Waals surface area (Å²) in [7, 11) is 0. The van der Waals surface area contributed by atoms with Gasteiger partial charge >= 0.3 is 0 Å². The molecule has 0 aliphatic heterocycles. The van der Waals surface area contributed by atoms with Crippen molar-refractivity contribution in [1.29, 1.82) is 0 Å². The maximum atomic E-state index is 5.40. The molecule has 0 atom stereocenters. The summed E-state index contributed by atoms with van der Waals surface area (Å²) in [4.78, 5) is 0. The van der Waals surface area contributed by atoms with Crippen molar-refractivity contribution in [2.45, 2.75) is 13.5 Å². The van der Waals surface area contributed by atoms with Crippen molar-refractivity contribution in [3.05, 3.63) is 35.4 Å². The molecule has 0 radical (unpaired) electrons. The molecule has 0 fully saturated rings. The molecular formula is C8H11N. The molecule has 0 heterocycles. The Morgan fingerprint density at radius 2 is 1.78 bits per heavy atom. The Balaban J connectivity index is 2.88. The van der Waals surface area contributed by atoms with E-state index in [1.54, 1.807) is 0 Å². The van der Waals surface area contributed by atoms with Crippen molar-refractivity contribution in [2.75, 3.05) is 0 Å². The second kappa shape index (κ2) is 2.65. The summed E-state index contributed by atoms with van der Waals surface area (Å²) in [6.07, 6.45) is 0. The van der Waals surface area contributed by atoms with Crippen molar-refractivity contribution in [3.63, 3.8) is 0 Å². The fraction of sp³-hybridized carbons (Fsp3) is 0.250. The molecule has 0 bridgehead atoms. The van der Waals surface area contributed by atoms with E-state index in [-0.39, 0.29) is 0 Å². The highest BCUT2D eigenvalue weighted by atomic mass is 15.3. The molecule has 9 heavy (non-hydrogen) atoms. The molecule has 0 aromatic heterocycles. The lowest BCUT2D eigenvalue weighted by Gasteiger charge is -1.94.